The third-order valence-corrected chi connectivity index (χ3v) is 5.13. The van der Waals surface area contributed by atoms with Crippen LogP contribution in [0.2, 0.25) is 0 Å². The van der Waals surface area contributed by atoms with Gasteiger partial charge in [-0.25, -0.2) is 18.9 Å². The van der Waals surface area contributed by atoms with E-state index in [1.54, 1.807) is 28.9 Å². The number of nitrogens with two attached hydrogens (primary N) is 1. The highest BCUT2D eigenvalue weighted by Gasteiger charge is 2.15. The van der Waals surface area contributed by atoms with Crippen molar-refractivity contribution in [1.82, 2.24) is 19.6 Å². The monoisotopic (exact) mass is 416 g/mol. The second-order valence-electron chi connectivity index (χ2n) is 7.33. The van der Waals surface area contributed by atoms with Crippen molar-refractivity contribution in [1.29, 1.82) is 0 Å². The van der Waals surface area contributed by atoms with E-state index in [-0.39, 0.29) is 5.82 Å². The number of nitrogen functional groups attached to an aromatic ring is 1. The third-order valence-electron chi connectivity index (χ3n) is 5.13. The molecule has 0 aliphatic heterocycles. The summed E-state index contributed by atoms with van der Waals surface area (Å²) >= 11 is 0. The first-order chi connectivity index (χ1) is 15.2. The molecule has 7 heteroatoms. The van der Waals surface area contributed by atoms with E-state index in [0.29, 0.717) is 18.3 Å². The van der Waals surface area contributed by atoms with E-state index in [9.17, 15) is 4.39 Å². The van der Waals surface area contributed by atoms with E-state index in [0.717, 1.165) is 53.7 Å². The summed E-state index contributed by atoms with van der Waals surface area (Å²) in [4.78, 5) is 8.76. The molecule has 0 fully saturated rings. The van der Waals surface area contributed by atoms with Gasteiger partial charge in [-0.1, -0.05) is 12.1 Å². The topological polar surface area (TPSA) is 81.1 Å². The third kappa shape index (κ3) is 4.71. The number of hydrogen-bond donors (Lipinski definition) is 2. The maximum absolute atomic E-state index is 13.4. The van der Waals surface area contributed by atoms with Gasteiger partial charge < -0.3 is 11.1 Å². The van der Waals surface area contributed by atoms with Crippen LogP contribution in [0.25, 0.3) is 16.8 Å². The number of rotatable bonds is 9. The normalized spacial score (nSPS) is 11.0. The van der Waals surface area contributed by atoms with Crippen molar-refractivity contribution < 1.29 is 4.39 Å². The standard InChI is InChI=1S/C24H25FN6/c1-2-15-27-24-28-16-14-19(29-24)6-3-4-7-20-21-8-5-9-22(26)31(21)30-23(20)17-10-12-18(25)13-11-17/h2,5,8-14,16H,1,3-4,6-7,15,26H2,(H,27,28,29). The smallest absolute Gasteiger partial charge is 0.223 e. The summed E-state index contributed by atoms with van der Waals surface area (Å²) < 4.78 is 15.2. The maximum Gasteiger partial charge on any atom is 0.223 e. The molecule has 6 nitrogen and oxygen atoms in total. The number of hydrogen-bond acceptors (Lipinski definition) is 5. The molecule has 0 atom stereocenters. The minimum absolute atomic E-state index is 0.264. The van der Waals surface area contributed by atoms with Gasteiger partial charge in [-0.15, -0.1) is 6.58 Å². The molecule has 0 unspecified atom stereocenters. The lowest BCUT2D eigenvalue weighted by Crippen LogP contribution is -2.04. The Morgan fingerprint density at radius 1 is 1.06 bits per heavy atom. The lowest BCUT2D eigenvalue weighted by atomic mass is 10.0. The van der Waals surface area contributed by atoms with Crippen molar-refractivity contribution in [3.8, 4) is 11.3 Å². The van der Waals surface area contributed by atoms with E-state index >= 15 is 0 Å². The van der Waals surface area contributed by atoms with Gasteiger partial charge in [0.05, 0.1) is 11.2 Å². The second kappa shape index (κ2) is 9.38. The number of aromatic nitrogens is 4. The van der Waals surface area contributed by atoms with E-state index < -0.39 is 0 Å². The van der Waals surface area contributed by atoms with Crippen molar-refractivity contribution in [3.05, 3.63) is 84.5 Å². The molecule has 31 heavy (non-hydrogen) atoms. The molecule has 3 aromatic heterocycles. The first-order valence-electron chi connectivity index (χ1n) is 10.3. The molecular formula is C24H25FN6. The van der Waals surface area contributed by atoms with Crippen LogP contribution in [0.3, 0.4) is 0 Å². The van der Waals surface area contributed by atoms with Crippen LogP contribution in [0.1, 0.15) is 24.1 Å². The van der Waals surface area contributed by atoms with Crippen LogP contribution in [-0.2, 0) is 12.8 Å². The molecular weight excluding hydrogens is 391 g/mol. The Balaban J connectivity index is 1.50. The van der Waals surface area contributed by atoms with Gasteiger partial charge in [0.25, 0.3) is 0 Å². The van der Waals surface area contributed by atoms with E-state index in [1.807, 2.05) is 24.3 Å². The first-order valence-corrected chi connectivity index (χ1v) is 10.3. The van der Waals surface area contributed by atoms with Crippen LogP contribution in [-0.4, -0.2) is 26.1 Å². The highest BCUT2D eigenvalue weighted by Crippen LogP contribution is 2.29. The minimum Gasteiger partial charge on any atom is -0.384 e. The lowest BCUT2D eigenvalue weighted by molar-refractivity contribution is 0.628. The Kier molecular flexibility index (Phi) is 6.21. The van der Waals surface area contributed by atoms with Crippen LogP contribution in [0.15, 0.2) is 67.4 Å². The minimum atomic E-state index is -0.264. The van der Waals surface area contributed by atoms with Gasteiger partial charge in [0.15, 0.2) is 0 Å². The van der Waals surface area contributed by atoms with Crippen molar-refractivity contribution in [2.24, 2.45) is 0 Å². The van der Waals surface area contributed by atoms with Crippen LogP contribution < -0.4 is 11.1 Å². The number of anilines is 2. The number of aryl methyl sites for hydroxylation is 2. The predicted molar refractivity (Wildman–Crippen MR) is 122 cm³/mol. The average Bonchev–Trinajstić information content (AvgIpc) is 3.16. The fourth-order valence-corrected chi connectivity index (χ4v) is 3.62. The fraction of sp³-hybridized carbons (Fsp3) is 0.208. The zero-order valence-corrected chi connectivity index (χ0v) is 17.3. The van der Waals surface area contributed by atoms with Gasteiger partial charge >= 0.3 is 0 Å². The molecule has 1 aromatic carbocycles. The van der Waals surface area contributed by atoms with Gasteiger partial charge in [-0.2, -0.15) is 5.10 Å². The highest BCUT2D eigenvalue weighted by molar-refractivity contribution is 5.74. The largest absolute Gasteiger partial charge is 0.384 e. The van der Waals surface area contributed by atoms with Crippen LogP contribution in [0, 0.1) is 5.82 Å². The molecule has 0 saturated heterocycles. The summed E-state index contributed by atoms with van der Waals surface area (Å²) in [5.74, 6) is 0.933. The van der Waals surface area contributed by atoms with Crippen molar-refractivity contribution in [2.75, 3.05) is 17.6 Å². The van der Waals surface area contributed by atoms with E-state index in [4.69, 9.17) is 10.8 Å². The number of unbranched alkanes of at least 4 members (excludes halogenated alkanes) is 1. The van der Waals surface area contributed by atoms with Crippen molar-refractivity contribution in [3.63, 3.8) is 0 Å². The number of nitrogens with one attached hydrogen (secondary N) is 1. The zero-order chi connectivity index (χ0) is 21.6. The Morgan fingerprint density at radius 3 is 2.68 bits per heavy atom. The maximum atomic E-state index is 13.4. The van der Waals surface area contributed by atoms with E-state index in [1.165, 1.54) is 12.1 Å². The van der Waals surface area contributed by atoms with Gasteiger partial charge in [-0.05, 0) is 68.1 Å². The van der Waals surface area contributed by atoms with Crippen LogP contribution in [0.4, 0.5) is 16.2 Å². The molecule has 4 aromatic rings. The number of benzene rings is 1. The Hall–Kier alpha value is -3.74. The molecule has 3 heterocycles. The molecule has 0 saturated carbocycles. The Bertz CT molecular complexity index is 1180. The molecule has 0 spiro atoms. The van der Waals surface area contributed by atoms with Crippen molar-refractivity contribution in [2.45, 2.75) is 25.7 Å². The van der Waals surface area contributed by atoms with Gasteiger partial charge in [0.2, 0.25) is 5.95 Å². The fourth-order valence-electron chi connectivity index (χ4n) is 3.62. The summed E-state index contributed by atoms with van der Waals surface area (Å²) in [5, 5.41) is 7.83. The Labute approximate surface area is 180 Å². The second-order valence-corrected chi connectivity index (χ2v) is 7.33. The van der Waals surface area contributed by atoms with Crippen LogP contribution in [0.5, 0.6) is 0 Å². The molecule has 0 bridgehead atoms. The Morgan fingerprint density at radius 2 is 1.87 bits per heavy atom. The van der Waals surface area contributed by atoms with Crippen LogP contribution >= 0.6 is 0 Å². The SMILES string of the molecule is C=CCNc1nccc(CCCCc2c(-c3ccc(F)cc3)nn3c(N)cccc23)n1. The quantitative estimate of drug-likeness (QED) is 0.306. The summed E-state index contributed by atoms with van der Waals surface area (Å²) in [6, 6.07) is 14.2. The average molecular weight is 417 g/mol. The van der Waals surface area contributed by atoms with Crippen molar-refractivity contribution >= 4 is 17.3 Å². The molecule has 4 rings (SSSR count). The summed E-state index contributed by atoms with van der Waals surface area (Å²) in [6.45, 7) is 4.32. The van der Waals surface area contributed by atoms with Gasteiger partial charge in [0, 0.05) is 29.6 Å². The predicted octanol–water partition coefficient (Wildman–Crippen LogP) is 4.68. The first kappa shape index (κ1) is 20.5. The number of pyridine rings is 1. The number of halogens is 1. The highest BCUT2D eigenvalue weighted by atomic mass is 19.1. The summed E-state index contributed by atoms with van der Waals surface area (Å²) in [6.07, 6.45) is 7.18. The number of nitrogens with zero attached hydrogens (tertiary/aromatic N) is 4. The molecule has 0 aliphatic carbocycles. The summed E-state index contributed by atoms with van der Waals surface area (Å²) in [7, 11) is 0. The molecule has 0 radical (unpaired) electrons. The zero-order valence-electron chi connectivity index (χ0n) is 17.3. The molecule has 0 amide bonds. The van der Waals surface area contributed by atoms with Gasteiger partial charge in [0.1, 0.15) is 11.6 Å². The number of fused-ring (bicyclic) bond motifs is 1. The van der Waals surface area contributed by atoms with E-state index in [2.05, 4.69) is 21.9 Å². The summed E-state index contributed by atoms with van der Waals surface area (Å²) in [5.41, 5.74) is 11.0. The van der Waals surface area contributed by atoms with Gasteiger partial charge in [-0.3, -0.25) is 0 Å². The lowest BCUT2D eigenvalue weighted by Gasteiger charge is -2.06. The molecule has 3 N–H and O–H groups in total. The molecule has 158 valence electrons. The molecule has 0 aliphatic rings.